The lowest BCUT2D eigenvalue weighted by atomic mass is 9.68. The van der Waals surface area contributed by atoms with Crippen molar-refractivity contribution in [1.82, 2.24) is 0 Å². The van der Waals surface area contributed by atoms with Crippen molar-refractivity contribution in [3.05, 3.63) is 150 Å². The summed E-state index contributed by atoms with van der Waals surface area (Å²) in [6.45, 7) is 3.81. The third-order valence-electron chi connectivity index (χ3n) is 7.36. The van der Waals surface area contributed by atoms with Gasteiger partial charge in [-0.25, -0.2) is 0 Å². The molecule has 3 heteroatoms. The average Bonchev–Trinajstić information content (AvgIpc) is 3.31. The summed E-state index contributed by atoms with van der Waals surface area (Å²) in [7, 11) is 0. The smallest absolute Gasteiger partial charge is 0.122 e. The molecule has 0 spiro atoms. The fraction of sp³-hybridized carbons (Fsp3) is 0.167. The van der Waals surface area contributed by atoms with E-state index in [-0.39, 0.29) is 0 Å². The first-order valence-corrected chi connectivity index (χ1v) is 13.6. The maximum absolute atomic E-state index is 6.03. The largest absolute Gasteiger partial charge is 0.494 e. The number of ether oxygens (including phenoxy) is 3. The minimum absolute atomic E-state index is 0.439. The van der Waals surface area contributed by atoms with E-state index in [9.17, 15) is 0 Å². The van der Waals surface area contributed by atoms with Gasteiger partial charge in [-0.2, -0.15) is 0 Å². The summed E-state index contributed by atoms with van der Waals surface area (Å²) in [5.41, 5.74) is 7.11. The highest BCUT2D eigenvalue weighted by molar-refractivity contribution is 5.86. The summed E-state index contributed by atoms with van der Waals surface area (Å²) in [6, 6.07) is 44.5. The Bertz CT molecular complexity index is 1480. The Balaban J connectivity index is 1.35. The van der Waals surface area contributed by atoms with Crippen LogP contribution in [0.2, 0.25) is 0 Å². The molecule has 39 heavy (non-hydrogen) atoms. The number of fused-ring (bicyclic) bond motifs is 3. The lowest BCUT2D eigenvalue weighted by Gasteiger charge is -2.34. The van der Waals surface area contributed by atoms with Crippen LogP contribution in [0, 0.1) is 0 Å². The molecule has 0 unspecified atom stereocenters. The molecule has 0 amide bonds. The monoisotopic (exact) mass is 512 g/mol. The van der Waals surface area contributed by atoms with Crippen molar-refractivity contribution < 1.29 is 14.2 Å². The highest BCUT2D eigenvalue weighted by Crippen LogP contribution is 2.56. The number of para-hydroxylation sites is 1. The molecule has 0 saturated carbocycles. The normalized spacial score (nSPS) is 12.8. The molecule has 194 valence electrons. The Kier molecular flexibility index (Phi) is 7.05. The van der Waals surface area contributed by atoms with E-state index < -0.39 is 5.41 Å². The van der Waals surface area contributed by atoms with E-state index in [0.717, 1.165) is 23.7 Å². The second kappa shape index (κ2) is 11.1. The van der Waals surface area contributed by atoms with Gasteiger partial charge >= 0.3 is 0 Å². The Morgan fingerprint density at radius 2 is 0.846 bits per heavy atom. The van der Waals surface area contributed by atoms with Crippen LogP contribution in [-0.4, -0.2) is 19.8 Å². The molecule has 0 atom stereocenters. The third kappa shape index (κ3) is 4.66. The van der Waals surface area contributed by atoms with Crippen LogP contribution in [-0.2, 0) is 5.41 Å². The zero-order valence-corrected chi connectivity index (χ0v) is 22.2. The highest BCUT2D eigenvalue weighted by atomic mass is 16.5. The van der Waals surface area contributed by atoms with Crippen LogP contribution in [0.1, 0.15) is 35.6 Å². The molecule has 0 aromatic heterocycles. The molecular weight excluding hydrogens is 480 g/mol. The van der Waals surface area contributed by atoms with Crippen molar-refractivity contribution >= 4 is 0 Å². The molecule has 0 bridgehead atoms. The fourth-order valence-electron chi connectivity index (χ4n) is 5.68. The van der Waals surface area contributed by atoms with Crippen molar-refractivity contribution in [1.29, 1.82) is 0 Å². The summed E-state index contributed by atoms with van der Waals surface area (Å²) >= 11 is 0. The minimum atomic E-state index is -0.439. The third-order valence-corrected chi connectivity index (χ3v) is 7.36. The van der Waals surface area contributed by atoms with Crippen molar-refractivity contribution in [2.24, 2.45) is 0 Å². The SMILES string of the molecule is CCCOc1ccc(C2(c3ccc(OCCOc4ccccc4)cc3)c3ccccc3-c3ccccc32)cc1. The first-order chi connectivity index (χ1) is 19.3. The molecule has 0 aliphatic heterocycles. The van der Waals surface area contributed by atoms with Gasteiger partial charge in [-0.15, -0.1) is 0 Å². The van der Waals surface area contributed by atoms with Crippen molar-refractivity contribution in [3.63, 3.8) is 0 Å². The van der Waals surface area contributed by atoms with Gasteiger partial charge in [0.1, 0.15) is 30.5 Å². The molecule has 0 N–H and O–H groups in total. The Morgan fingerprint density at radius 1 is 0.436 bits per heavy atom. The first-order valence-electron chi connectivity index (χ1n) is 13.6. The first kappa shape index (κ1) is 24.8. The van der Waals surface area contributed by atoms with E-state index >= 15 is 0 Å². The molecule has 0 fully saturated rings. The number of rotatable bonds is 10. The molecule has 0 heterocycles. The molecule has 6 rings (SSSR count). The Labute approximate surface area is 230 Å². The molecule has 1 aliphatic carbocycles. The van der Waals surface area contributed by atoms with Crippen molar-refractivity contribution in [2.75, 3.05) is 19.8 Å². The number of hydrogen-bond acceptors (Lipinski definition) is 3. The van der Waals surface area contributed by atoms with Crippen LogP contribution in [0.4, 0.5) is 0 Å². The second-order valence-electron chi connectivity index (χ2n) is 9.75. The average molecular weight is 513 g/mol. The standard InChI is InChI=1S/C36H32O3/c1-2-24-37-30-20-16-27(17-21-30)36(34-14-8-6-12-32(34)33-13-7-9-15-35(33)36)28-18-22-31(23-19-28)39-26-25-38-29-10-4-3-5-11-29/h3-23H,2,24-26H2,1H3. The van der Waals surface area contributed by atoms with Crippen molar-refractivity contribution in [3.8, 4) is 28.4 Å². The van der Waals surface area contributed by atoms with Gasteiger partial charge in [-0.3, -0.25) is 0 Å². The predicted molar refractivity (Wildman–Crippen MR) is 157 cm³/mol. The fourth-order valence-corrected chi connectivity index (χ4v) is 5.68. The Morgan fingerprint density at radius 3 is 1.33 bits per heavy atom. The van der Waals surface area contributed by atoms with Gasteiger partial charge in [-0.1, -0.05) is 97.9 Å². The van der Waals surface area contributed by atoms with Crippen molar-refractivity contribution in [2.45, 2.75) is 18.8 Å². The van der Waals surface area contributed by atoms with E-state index in [1.807, 2.05) is 30.3 Å². The van der Waals surface area contributed by atoms with Gasteiger partial charge in [0.2, 0.25) is 0 Å². The van der Waals surface area contributed by atoms with E-state index in [1.54, 1.807) is 0 Å². The van der Waals surface area contributed by atoms with Crippen LogP contribution in [0.3, 0.4) is 0 Å². The van der Waals surface area contributed by atoms with Crippen LogP contribution < -0.4 is 14.2 Å². The number of hydrogen-bond donors (Lipinski definition) is 0. The molecule has 5 aromatic rings. The van der Waals surface area contributed by atoms with Gasteiger partial charge in [0.05, 0.1) is 12.0 Å². The summed E-state index contributed by atoms with van der Waals surface area (Å²) < 4.78 is 17.7. The van der Waals surface area contributed by atoms with Gasteiger partial charge in [0, 0.05) is 0 Å². The quantitative estimate of drug-likeness (QED) is 0.173. The van der Waals surface area contributed by atoms with E-state index in [0.29, 0.717) is 19.8 Å². The Hall–Kier alpha value is -4.50. The van der Waals surface area contributed by atoms with E-state index in [1.165, 1.54) is 33.4 Å². The predicted octanol–water partition coefficient (Wildman–Crippen LogP) is 8.30. The molecule has 0 radical (unpaired) electrons. The van der Waals surface area contributed by atoms with Crippen LogP contribution in [0.5, 0.6) is 17.2 Å². The molecule has 0 saturated heterocycles. The maximum atomic E-state index is 6.03. The molecule has 3 nitrogen and oxygen atoms in total. The lowest BCUT2D eigenvalue weighted by molar-refractivity contribution is 0.217. The maximum Gasteiger partial charge on any atom is 0.122 e. The minimum Gasteiger partial charge on any atom is -0.494 e. The molecule has 1 aliphatic rings. The van der Waals surface area contributed by atoms with Gasteiger partial charge < -0.3 is 14.2 Å². The lowest BCUT2D eigenvalue weighted by Crippen LogP contribution is -2.28. The van der Waals surface area contributed by atoms with Crippen LogP contribution in [0.15, 0.2) is 127 Å². The second-order valence-corrected chi connectivity index (χ2v) is 9.75. The molecule has 5 aromatic carbocycles. The van der Waals surface area contributed by atoms with Gasteiger partial charge in [0.25, 0.3) is 0 Å². The summed E-state index contributed by atoms with van der Waals surface area (Å²) in [6.07, 6.45) is 0.985. The zero-order valence-electron chi connectivity index (χ0n) is 22.2. The summed E-state index contributed by atoms with van der Waals surface area (Å²) in [5, 5.41) is 0. The van der Waals surface area contributed by atoms with Crippen LogP contribution in [0.25, 0.3) is 11.1 Å². The van der Waals surface area contributed by atoms with E-state index in [4.69, 9.17) is 14.2 Å². The topological polar surface area (TPSA) is 27.7 Å². The zero-order chi connectivity index (χ0) is 26.5. The van der Waals surface area contributed by atoms with Gasteiger partial charge in [0.15, 0.2) is 0 Å². The van der Waals surface area contributed by atoms with Gasteiger partial charge in [-0.05, 0) is 76.2 Å². The molecular formula is C36H32O3. The van der Waals surface area contributed by atoms with Crippen LogP contribution >= 0.6 is 0 Å². The van der Waals surface area contributed by atoms with E-state index in [2.05, 4.69) is 104 Å². The summed E-state index contributed by atoms with van der Waals surface area (Å²) in [5.74, 6) is 2.58. The number of benzene rings is 5. The summed E-state index contributed by atoms with van der Waals surface area (Å²) in [4.78, 5) is 0. The highest BCUT2D eigenvalue weighted by Gasteiger charge is 2.45.